The summed E-state index contributed by atoms with van der Waals surface area (Å²) in [5.74, 6) is 0. The molecule has 1 saturated carbocycles. The smallest absolute Gasteiger partial charge is 0.0569 e. The minimum absolute atomic E-state index is 0.375. The molecular weight excluding hydrogens is 202 g/mol. The van der Waals surface area contributed by atoms with Crippen LogP contribution in [0.1, 0.15) is 26.7 Å². The molecule has 92 valence electrons. The van der Waals surface area contributed by atoms with Crippen molar-refractivity contribution in [1.29, 1.82) is 0 Å². The molecule has 3 heteroatoms. The molecule has 0 atom stereocenters. The van der Waals surface area contributed by atoms with E-state index in [1.54, 1.807) is 0 Å². The van der Waals surface area contributed by atoms with E-state index in [1.165, 1.54) is 32.5 Å². The Bertz CT molecular complexity index is 261. The van der Waals surface area contributed by atoms with Crippen LogP contribution in [0.2, 0.25) is 0 Å². The van der Waals surface area contributed by atoms with Gasteiger partial charge in [-0.15, -0.1) is 0 Å². The van der Waals surface area contributed by atoms with Crippen LogP contribution in [0.3, 0.4) is 0 Å². The lowest BCUT2D eigenvalue weighted by Crippen LogP contribution is -2.66. The fourth-order valence-corrected chi connectivity index (χ4v) is 2.93. The summed E-state index contributed by atoms with van der Waals surface area (Å²) < 4.78 is 11.1. The van der Waals surface area contributed by atoms with Crippen molar-refractivity contribution in [1.82, 2.24) is 4.90 Å². The Hall–Kier alpha value is -0.120. The predicted molar refractivity (Wildman–Crippen MR) is 62.4 cm³/mol. The summed E-state index contributed by atoms with van der Waals surface area (Å²) in [6.07, 6.45) is 3.10. The number of ether oxygens (including phenoxy) is 2. The van der Waals surface area contributed by atoms with Crippen molar-refractivity contribution in [2.45, 2.75) is 32.8 Å². The zero-order valence-corrected chi connectivity index (χ0v) is 10.5. The first-order valence-electron chi connectivity index (χ1n) is 6.53. The molecule has 0 unspecified atom stereocenters. The minimum atomic E-state index is 0.375. The summed E-state index contributed by atoms with van der Waals surface area (Å²) in [6, 6.07) is 0. The highest BCUT2D eigenvalue weighted by Crippen LogP contribution is 2.49. The number of hydrogen-bond acceptors (Lipinski definition) is 3. The predicted octanol–water partition coefficient (Wildman–Crippen LogP) is 1.52. The van der Waals surface area contributed by atoms with Gasteiger partial charge in [-0.25, -0.2) is 0 Å². The SMILES string of the molecule is CC(C)OCC1(CN2CC3(COC3)C2)CC1. The standard InChI is InChI=1S/C13H23NO2/c1-11(2)16-10-12(3-4-12)5-14-6-13(7-14)8-15-9-13/h11H,3-10H2,1-2H3. The molecule has 3 rings (SSSR count). The second-order valence-electron chi connectivity index (χ2n) is 6.50. The van der Waals surface area contributed by atoms with E-state index in [4.69, 9.17) is 9.47 Å². The lowest BCUT2D eigenvalue weighted by atomic mass is 9.77. The van der Waals surface area contributed by atoms with Crippen LogP contribution in [0.15, 0.2) is 0 Å². The highest BCUT2D eigenvalue weighted by molar-refractivity contribution is 5.04. The van der Waals surface area contributed by atoms with Gasteiger partial charge in [0.05, 0.1) is 25.9 Å². The lowest BCUT2D eigenvalue weighted by molar-refractivity contribution is -0.193. The fraction of sp³-hybridized carbons (Fsp3) is 1.00. The highest BCUT2D eigenvalue weighted by atomic mass is 16.5. The quantitative estimate of drug-likeness (QED) is 0.708. The molecule has 2 saturated heterocycles. The van der Waals surface area contributed by atoms with Crippen molar-refractivity contribution in [3.63, 3.8) is 0 Å². The second kappa shape index (κ2) is 3.69. The van der Waals surface area contributed by atoms with Gasteiger partial charge in [-0.2, -0.15) is 0 Å². The van der Waals surface area contributed by atoms with Gasteiger partial charge in [0.15, 0.2) is 0 Å². The zero-order valence-electron chi connectivity index (χ0n) is 10.5. The van der Waals surface area contributed by atoms with Crippen molar-refractivity contribution in [2.75, 3.05) is 39.5 Å². The van der Waals surface area contributed by atoms with Crippen LogP contribution in [0.25, 0.3) is 0 Å². The summed E-state index contributed by atoms with van der Waals surface area (Å²) in [4.78, 5) is 2.60. The zero-order chi connectivity index (χ0) is 11.2. The normalized spacial score (nSPS) is 30.2. The van der Waals surface area contributed by atoms with Crippen LogP contribution in [-0.2, 0) is 9.47 Å². The van der Waals surface area contributed by atoms with Crippen molar-refractivity contribution in [2.24, 2.45) is 10.8 Å². The molecule has 2 heterocycles. The van der Waals surface area contributed by atoms with Crippen LogP contribution in [0.5, 0.6) is 0 Å². The molecule has 0 N–H and O–H groups in total. The summed E-state index contributed by atoms with van der Waals surface area (Å²) >= 11 is 0. The third kappa shape index (κ3) is 2.01. The van der Waals surface area contributed by atoms with Crippen molar-refractivity contribution >= 4 is 0 Å². The number of nitrogens with zero attached hydrogens (tertiary/aromatic N) is 1. The Morgan fingerprint density at radius 2 is 1.94 bits per heavy atom. The molecule has 0 amide bonds. The summed E-state index contributed by atoms with van der Waals surface area (Å²) in [6.45, 7) is 11.0. The highest BCUT2D eigenvalue weighted by Gasteiger charge is 2.53. The molecule has 3 aliphatic rings. The first-order valence-corrected chi connectivity index (χ1v) is 6.53. The van der Waals surface area contributed by atoms with Crippen molar-refractivity contribution < 1.29 is 9.47 Å². The maximum absolute atomic E-state index is 5.78. The van der Waals surface area contributed by atoms with Crippen LogP contribution in [-0.4, -0.2) is 50.5 Å². The van der Waals surface area contributed by atoms with Crippen molar-refractivity contribution in [3.8, 4) is 0 Å². The lowest BCUT2D eigenvalue weighted by Gasteiger charge is -2.56. The molecule has 0 aromatic rings. The average Bonchev–Trinajstić information content (AvgIpc) is 2.85. The topological polar surface area (TPSA) is 21.7 Å². The average molecular weight is 225 g/mol. The first-order chi connectivity index (χ1) is 7.62. The summed E-state index contributed by atoms with van der Waals surface area (Å²) in [5.41, 5.74) is 1.07. The van der Waals surface area contributed by atoms with E-state index in [2.05, 4.69) is 18.7 Å². The Balaban J connectivity index is 1.41. The molecule has 3 fully saturated rings. The van der Waals surface area contributed by atoms with Gasteiger partial charge in [-0.05, 0) is 26.7 Å². The molecule has 16 heavy (non-hydrogen) atoms. The summed E-state index contributed by atoms with van der Waals surface area (Å²) in [5, 5.41) is 0. The number of hydrogen-bond donors (Lipinski definition) is 0. The van der Waals surface area contributed by atoms with Crippen LogP contribution in [0, 0.1) is 10.8 Å². The number of rotatable bonds is 5. The molecule has 3 nitrogen and oxygen atoms in total. The molecule has 0 aromatic heterocycles. The number of likely N-dealkylation sites (tertiary alicyclic amines) is 1. The Morgan fingerprint density at radius 3 is 2.38 bits per heavy atom. The minimum Gasteiger partial charge on any atom is -0.380 e. The van der Waals surface area contributed by atoms with E-state index in [-0.39, 0.29) is 0 Å². The fourth-order valence-electron chi connectivity index (χ4n) is 2.93. The molecule has 0 aromatic carbocycles. The van der Waals surface area contributed by atoms with E-state index in [0.29, 0.717) is 16.9 Å². The van der Waals surface area contributed by atoms with Crippen LogP contribution in [0.4, 0.5) is 0 Å². The van der Waals surface area contributed by atoms with E-state index in [0.717, 1.165) is 19.8 Å². The Labute approximate surface area is 98.1 Å². The second-order valence-corrected chi connectivity index (χ2v) is 6.50. The Morgan fingerprint density at radius 1 is 1.25 bits per heavy atom. The molecule has 0 radical (unpaired) electrons. The molecule has 1 aliphatic carbocycles. The van der Waals surface area contributed by atoms with Gasteiger partial charge in [0.2, 0.25) is 0 Å². The molecule has 0 bridgehead atoms. The molecule has 2 aliphatic heterocycles. The van der Waals surface area contributed by atoms with Crippen molar-refractivity contribution in [3.05, 3.63) is 0 Å². The molecular formula is C13H23NO2. The molecule has 1 spiro atoms. The largest absolute Gasteiger partial charge is 0.380 e. The van der Waals surface area contributed by atoms with Gasteiger partial charge in [-0.1, -0.05) is 0 Å². The van der Waals surface area contributed by atoms with E-state index >= 15 is 0 Å². The van der Waals surface area contributed by atoms with E-state index < -0.39 is 0 Å². The monoisotopic (exact) mass is 225 g/mol. The van der Waals surface area contributed by atoms with Gasteiger partial charge in [0, 0.05) is 30.5 Å². The van der Waals surface area contributed by atoms with Gasteiger partial charge in [0.1, 0.15) is 0 Å². The van der Waals surface area contributed by atoms with Gasteiger partial charge >= 0.3 is 0 Å². The van der Waals surface area contributed by atoms with E-state index in [1.807, 2.05) is 0 Å². The summed E-state index contributed by atoms with van der Waals surface area (Å²) in [7, 11) is 0. The maximum atomic E-state index is 5.78. The van der Waals surface area contributed by atoms with Gasteiger partial charge in [-0.3, -0.25) is 0 Å². The van der Waals surface area contributed by atoms with E-state index in [9.17, 15) is 0 Å². The first kappa shape index (κ1) is 11.0. The third-order valence-corrected chi connectivity index (χ3v) is 4.17. The van der Waals surface area contributed by atoms with Crippen LogP contribution < -0.4 is 0 Å². The van der Waals surface area contributed by atoms with Gasteiger partial charge < -0.3 is 14.4 Å². The van der Waals surface area contributed by atoms with Crippen LogP contribution >= 0.6 is 0 Å². The Kier molecular flexibility index (Phi) is 2.54. The maximum Gasteiger partial charge on any atom is 0.0569 e. The third-order valence-electron chi connectivity index (χ3n) is 4.17. The van der Waals surface area contributed by atoms with Gasteiger partial charge in [0.25, 0.3) is 0 Å².